The van der Waals surface area contributed by atoms with Crippen molar-refractivity contribution in [2.24, 2.45) is 7.05 Å². The highest BCUT2D eigenvalue weighted by molar-refractivity contribution is 5.59. The Balaban J connectivity index is 1.78. The van der Waals surface area contributed by atoms with Crippen molar-refractivity contribution in [1.82, 2.24) is 14.5 Å². The molecule has 0 aliphatic rings. The zero-order valence-electron chi connectivity index (χ0n) is 12.9. The first-order chi connectivity index (χ1) is 11.6. The minimum absolute atomic E-state index is 0.0452. The number of nitrogens with one attached hydrogen (secondary N) is 1. The summed E-state index contributed by atoms with van der Waals surface area (Å²) in [6.07, 6.45) is 3.27. The number of ether oxygens (including phenoxy) is 1. The van der Waals surface area contributed by atoms with E-state index in [9.17, 15) is 9.18 Å². The summed E-state index contributed by atoms with van der Waals surface area (Å²) in [6.45, 7) is 0.0452. The minimum Gasteiger partial charge on any atom is -0.473 e. The number of rotatable bonds is 5. The van der Waals surface area contributed by atoms with Gasteiger partial charge < -0.3 is 10.1 Å². The first kappa shape index (κ1) is 15.7. The van der Waals surface area contributed by atoms with Crippen molar-refractivity contribution in [3.8, 4) is 17.0 Å². The number of hydrogen-bond donors (Lipinski definition) is 1. The Morgan fingerprint density at radius 1 is 1.21 bits per heavy atom. The lowest BCUT2D eigenvalue weighted by Gasteiger charge is -2.12. The molecule has 0 amide bonds. The Hall–Kier alpha value is -3.22. The predicted octanol–water partition coefficient (Wildman–Crippen LogP) is 2.43. The predicted molar refractivity (Wildman–Crippen MR) is 88.2 cm³/mol. The van der Waals surface area contributed by atoms with Gasteiger partial charge in [-0.05, 0) is 24.3 Å². The number of hydrogen-bond acceptors (Lipinski definition) is 5. The van der Waals surface area contributed by atoms with E-state index in [0.717, 1.165) is 5.56 Å². The lowest BCUT2D eigenvalue weighted by Crippen LogP contribution is -2.23. The van der Waals surface area contributed by atoms with Crippen LogP contribution in [0.1, 0.15) is 0 Å². The highest BCUT2D eigenvalue weighted by Gasteiger charge is 2.07. The molecule has 0 aliphatic carbocycles. The molecule has 0 radical (unpaired) electrons. The average Bonchev–Trinajstić information content (AvgIpc) is 2.59. The third-order valence-electron chi connectivity index (χ3n) is 3.38. The van der Waals surface area contributed by atoms with Crippen LogP contribution in [-0.2, 0) is 7.05 Å². The third-order valence-corrected chi connectivity index (χ3v) is 3.38. The van der Waals surface area contributed by atoms with Crippen molar-refractivity contribution in [2.75, 3.05) is 12.0 Å². The molecule has 0 fully saturated rings. The van der Waals surface area contributed by atoms with Crippen molar-refractivity contribution in [3.63, 3.8) is 0 Å². The van der Waals surface area contributed by atoms with Gasteiger partial charge in [0.2, 0.25) is 5.95 Å². The molecule has 0 aliphatic heterocycles. The summed E-state index contributed by atoms with van der Waals surface area (Å²) in [4.78, 5) is 20.5. The molecule has 3 aromatic rings. The molecule has 24 heavy (non-hydrogen) atoms. The van der Waals surface area contributed by atoms with E-state index in [2.05, 4.69) is 15.3 Å². The van der Waals surface area contributed by atoms with Gasteiger partial charge in [0.05, 0.1) is 5.69 Å². The average molecular weight is 326 g/mol. The Labute approximate surface area is 137 Å². The van der Waals surface area contributed by atoms with Gasteiger partial charge in [-0.25, -0.2) is 9.37 Å². The second kappa shape index (κ2) is 6.91. The third kappa shape index (κ3) is 3.57. The topological polar surface area (TPSA) is 69.0 Å². The van der Waals surface area contributed by atoms with Gasteiger partial charge in [-0.2, -0.15) is 0 Å². The van der Waals surface area contributed by atoms with Crippen LogP contribution >= 0.6 is 0 Å². The van der Waals surface area contributed by atoms with E-state index in [-0.39, 0.29) is 18.1 Å². The monoisotopic (exact) mass is 326 g/mol. The zero-order chi connectivity index (χ0) is 16.9. The molecule has 0 saturated carbocycles. The first-order valence-electron chi connectivity index (χ1n) is 7.24. The van der Waals surface area contributed by atoms with Crippen LogP contribution in [0.3, 0.4) is 0 Å². The molecule has 2 heterocycles. The summed E-state index contributed by atoms with van der Waals surface area (Å²) in [5.74, 6) is 0.362. The Morgan fingerprint density at radius 2 is 2.00 bits per heavy atom. The van der Waals surface area contributed by atoms with Crippen molar-refractivity contribution in [1.29, 1.82) is 0 Å². The number of benzene rings is 1. The summed E-state index contributed by atoms with van der Waals surface area (Å²) in [5, 5.41) is 2.92. The van der Waals surface area contributed by atoms with Gasteiger partial charge in [-0.15, -0.1) is 0 Å². The van der Waals surface area contributed by atoms with Crippen LogP contribution in [0.15, 0.2) is 59.7 Å². The highest BCUT2D eigenvalue weighted by atomic mass is 19.1. The minimum atomic E-state index is -0.377. The second-order valence-corrected chi connectivity index (χ2v) is 5.02. The highest BCUT2D eigenvalue weighted by Crippen LogP contribution is 2.16. The zero-order valence-corrected chi connectivity index (χ0v) is 12.9. The molecule has 0 bridgehead atoms. The molecule has 6 nitrogen and oxygen atoms in total. The summed E-state index contributed by atoms with van der Waals surface area (Å²) < 4.78 is 19.9. The fraction of sp³-hybridized carbons (Fsp3) is 0.118. The molecule has 122 valence electrons. The van der Waals surface area contributed by atoms with Gasteiger partial charge in [0.25, 0.3) is 5.56 Å². The molecule has 0 atom stereocenters. The second-order valence-electron chi connectivity index (χ2n) is 5.02. The molecule has 0 spiro atoms. The molecule has 0 saturated heterocycles. The van der Waals surface area contributed by atoms with E-state index < -0.39 is 0 Å². The number of nitrogens with zero attached hydrogens (tertiary/aromatic N) is 3. The molecule has 1 N–H and O–H groups in total. The fourth-order valence-electron chi connectivity index (χ4n) is 2.11. The largest absolute Gasteiger partial charge is 0.473 e. The molecule has 3 rings (SSSR count). The van der Waals surface area contributed by atoms with E-state index >= 15 is 0 Å². The SMILES string of the molecule is Cn1c(NCOc2cccc(F)c2)nc(-c2ccncc2)cc1=O. The Morgan fingerprint density at radius 3 is 2.75 bits per heavy atom. The maximum Gasteiger partial charge on any atom is 0.255 e. The maximum absolute atomic E-state index is 13.1. The number of halogens is 1. The molecule has 0 unspecified atom stereocenters. The quantitative estimate of drug-likeness (QED) is 0.729. The van der Waals surface area contributed by atoms with Crippen molar-refractivity contribution in [2.45, 2.75) is 0 Å². The summed E-state index contributed by atoms with van der Waals surface area (Å²) in [5.41, 5.74) is 1.12. The molecule has 1 aromatic carbocycles. The van der Waals surface area contributed by atoms with Crippen molar-refractivity contribution in [3.05, 3.63) is 71.0 Å². The Kier molecular flexibility index (Phi) is 4.51. The normalized spacial score (nSPS) is 10.4. The smallest absolute Gasteiger partial charge is 0.255 e. The van der Waals surface area contributed by atoms with Gasteiger partial charge in [0, 0.05) is 37.1 Å². The van der Waals surface area contributed by atoms with Crippen LogP contribution in [0.25, 0.3) is 11.3 Å². The maximum atomic E-state index is 13.1. The summed E-state index contributed by atoms with van der Waals surface area (Å²) in [6, 6.07) is 10.8. The van der Waals surface area contributed by atoms with Gasteiger partial charge in [0.15, 0.2) is 6.73 Å². The number of anilines is 1. The van der Waals surface area contributed by atoms with Crippen LogP contribution in [0, 0.1) is 5.82 Å². The van der Waals surface area contributed by atoms with Crippen LogP contribution in [0.2, 0.25) is 0 Å². The van der Waals surface area contributed by atoms with Gasteiger partial charge in [-0.1, -0.05) is 6.07 Å². The Bertz CT molecular complexity index is 897. The van der Waals surface area contributed by atoms with Crippen molar-refractivity contribution < 1.29 is 9.13 Å². The first-order valence-corrected chi connectivity index (χ1v) is 7.24. The van der Waals surface area contributed by atoms with Crippen LogP contribution in [0.4, 0.5) is 10.3 Å². The van der Waals surface area contributed by atoms with Gasteiger partial charge in [-0.3, -0.25) is 14.3 Å². The molecular formula is C17H15FN4O2. The lowest BCUT2D eigenvalue weighted by molar-refractivity contribution is 0.343. The molecule has 7 heteroatoms. The van der Waals surface area contributed by atoms with Crippen LogP contribution in [-0.4, -0.2) is 21.3 Å². The van der Waals surface area contributed by atoms with Gasteiger partial charge in [0.1, 0.15) is 11.6 Å². The van der Waals surface area contributed by atoms with Crippen LogP contribution < -0.4 is 15.6 Å². The lowest BCUT2D eigenvalue weighted by atomic mass is 10.2. The van der Waals surface area contributed by atoms with Gasteiger partial charge >= 0.3 is 0 Å². The van der Waals surface area contributed by atoms with E-state index in [4.69, 9.17) is 4.74 Å². The summed E-state index contributed by atoms with van der Waals surface area (Å²) >= 11 is 0. The fourth-order valence-corrected chi connectivity index (χ4v) is 2.11. The number of aromatic nitrogens is 3. The molecule has 2 aromatic heterocycles. The van der Waals surface area contributed by atoms with E-state index in [1.54, 1.807) is 43.7 Å². The summed E-state index contributed by atoms with van der Waals surface area (Å²) in [7, 11) is 1.61. The van der Waals surface area contributed by atoms with Crippen LogP contribution in [0.5, 0.6) is 5.75 Å². The number of pyridine rings is 1. The van der Waals surface area contributed by atoms with E-state index in [1.165, 1.54) is 22.8 Å². The standard InChI is InChI=1S/C17H15FN4O2/c1-22-16(23)10-15(12-5-7-19-8-6-12)21-17(22)20-11-24-14-4-2-3-13(18)9-14/h2-10H,11H2,1H3,(H,20,21). The van der Waals surface area contributed by atoms with E-state index in [0.29, 0.717) is 17.4 Å². The molecular weight excluding hydrogens is 311 g/mol. The van der Waals surface area contributed by atoms with Crippen molar-refractivity contribution >= 4 is 5.95 Å². The van der Waals surface area contributed by atoms with E-state index in [1.807, 2.05) is 0 Å².